The number of aromatic nitrogens is 4. The van der Waals surface area contributed by atoms with Gasteiger partial charge in [-0.05, 0) is 37.6 Å². The highest BCUT2D eigenvalue weighted by molar-refractivity contribution is 8.00. The van der Waals surface area contributed by atoms with E-state index in [4.69, 9.17) is 0 Å². The van der Waals surface area contributed by atoms with E-state index in [0.717, 1.165) is 6.42 Å². The van der Waals surface area contributed by atoms with Crippen molar-refractivity contribution in [2.75, 3.05) is 23.3 Å². The first-order valence-electron chi connectivity index (χ1n) is 11.0. The van der Waals surface area contributed by atoms with Gasteiger partial charge in [0.15, 0.2) is 11.0 Å². The van der Waals surface area contributed by atoms with Crippen LogP contribution in [-0.2, 0) is 20.9 Å². The molecule has 1 saturated heterocycles. The van der Waals surface area contributed by atoms with Gasteiger partial charge in [0.2, 0.25) is 17.7 Å². The van der Waals surface area contributed by atoms with Crippen LogP contribution in [0.1, 0.15) is 25.6 Å². The fourth-order valence-corrected chi connectivity index (χ4v) is 5.03. The second kappa shape index (κ2) is 9.26. The standard InChI is InChI=1S/C23H23N7O3S/c1-15(22(33)29-14-20(31)25-16-7-2-3-8-17(16)29)34-23-27-26-19(13-28-12-6-10-21(28)32)30(23)18-9-4-5-11-24-18/h2-5,7-9,11,15H,6,10,12-14H2,1H3,(H,25,31)/t15-/m1/s1. The number of thioether (sulfide) groups is 1. The number of amides is 3. The van der Waals surface area contributed by atoms with Crippen molar-refractivity contribution in [1.82, 2.24) is 24.6 Å². The molecule has 2 aliphatic rings. The van der Waals surface area contributed by atoms with Crippen LogP contribution in [0.5, 0.6) is 0 Å². The van der Waals surface area contributed by atoms with Gasteiger partial charge >= 0.3 is 0 Å². The van der Waals surface area contributed by atoms with Crippen LogP contribution < -0.4 is 10.2 Å². The maximum absolute atomic E-state index is 13.4. The molecule has 0 bridgehead atoms. The van der Waals surface area contributed by atoms with Crippen molar-refractivity contribution < 1.29 is 14.4 Å². The third-order valence-corrected chi connectivity index (χ3v) is 6.78. The topological polar surface area (TPSA) is 113 Å². The number of fused-ring (bicyclic) bond motifs is 1. The van der Waals surface area contributed by atoms with Gasteiger partial charge < -0.3 is 10.2 Å². The molecule has 2 aliphatic heterocycles. The van der Waals surface area contributed by atoms with Gasteiger partial charge in [-0.3, -0.25) is 23.9 Å². The van der Waals surface area contributed by atoms with Gasteiger partial charge in [0.1, 0.15) is 12.4 Å². The Kier molecular flexibility index (Phi) is 6.01. The molecule has 0 aliphatic carbocycles. The number of hydrogen-bond acceptors (Lipinski definition) is 7. The highest BCUT2D eigenvalue weighted by atomic mass is 32.2. The molecule has 1 atom stereocenters. The number of hydrogen-bond donors (Lipinski definition) is 1. The highest BCUT2D eigenvalue weighted by Gasteiger charge is 2.32. The van der Waals surface area contributed by atoms with Gasteiger partial charge in [0.05, 0.1) is 23.2 Å². The van der Waals surface area contributed by atoms with Gasteiger partial charge in [-0.15, -0.1) is 10.2 Å². The summed E-state index contributed by atoms with van der Waals surface area (Å²) in [5, 5.41) is 11.4. The Morgan fingerprint density at radius 1 is 1.15 bits per heavy atom. The highest BCUT2D eigenvalue weighted by Crippen LogP contribution is 2.33. The van der Waals surface area contributed by atoms with E-state index in [2.05, 4.69) is 20.5 Å². The molecular weight excluding hydrogens is 454 g/mol. The van der Waals surface area contributed by atoms with E-state index >= 15 is 0 Å². The number of nitrogens with zero attached hydrogens (tertiary/aromatic N) is 6. The maximum Gasteiger partial charge on any atom is 0.244 e. The third kappa shape index (κ3) is 4.26. The molecule has 2 aromatic heterocycles. The summed E-state index contributed by atoms with van der Waals surface area (Å²) in [7, 11) is 0. The molecule has 0 spiro atoms. The summed E-state index contributed by atoms with van der Waals surface area (Å²) in [5.74, 6) is 0.839. The molecule has 5 rings (SSSR count). The average Bonchev–Trinajstić information content (AvgIpc) is 3.44. The Morgan fingerprint density at radius 3 is 2.74 bits per heavy atom. The minimum Gasteiger partial charge on any atom is -0.335 e. The van der Waals surface area contributed by atoms with Crippen molar-refractivity contribution in [2.24, 2.45) is 0 Å². The molecule has 0 radical (unpaired) electrons. The minimum absolute atomic E-state index is 0.0456. The van der Waals surface area contributed by atoms with E-state index in [-0.39, 0.29) is 24.3 Å². The summed E-state index contributed by atoms with van der Waals surface area (Å²) in [6.07, 6.45) is 3.04. The second-order valence-corrected chi connectivity index (χ2v) is 9.40. The van der Waals surface area contributed by atoms with Gasteiger partial charge in [-0.1, -0.05) is 30.0 Å². The van der Waals surface area contributed by atoms with E-state index in [1.165, 1.54) is 16.7 Å². The smallest absolute Gasteiger partial charge is 0.244 e. The zero-order chi connectivity index (χ0) is 23.7. The fraction of sp³-hybridized carbons (Fsp3) is 0.304. The molecule has 34 heavy (non-hydrogen) atoms. The molecule has 4 heterocycles. The lowest BCUT2D eigenvalue weighted by atomic mass is 10.2. The molecule has 1 aromatic carbocycles. The van der Waals surface area contributed by atoms with E-state index in [9.17, 15) is 14.4 Å². The number of rotatable bonds is 6. The molecule has 3 aromatic rings. The van der Waals surface area contributed by atoms with Crippen LogP contribution in [0.2, 0.25) is 0 Å². The number of benzene rings is 1. The van der Waals surface area contributed by atoms with Crippen molar-refractivity contribution in [2.45, 2.75) is 36.7 Å². The van der Waals surface area contributed by atoms with E-state index in [1.807, 2.05) is 36.4 Å². The average molecular weight is 478 g/mol. The van der Waals surface area contributed by atoms with Crippen LogP contribution in [0.4, 0.5) is 11.4 Å². The second-order valence-electron chi connectivity index (χ2n) is 8.09. The molecule has 10 nitrogen and oxygen atoms in total. The van der Waals surface area contributed by atoms with Crippen LogP contribution in [0.3, 0.4) is 0 Å². The largest absolute Gasteiger partial charge is 0.335 e. The normalized spacial score (nSPS) is 16.4. The summed E-state index contributed by atoms with van der Waals surface area (Å²) in [6.45, 7) is 2.74. The van der Waals surface area contributed by atoms with Crippen LogP contribution in [0, 0.1) is 0 Å². The number of para-hydroxylation sites is 2. The Balaban J connectivity index is 1.42. The van der Waals surface area contributed by atoms with Gasteiger partial charge in [-0.2, -0.15) is 0 Å². The molecule has 0 saturated carbocycles. The lowest BCUT2D eigenvalue weighted by Gasteiger charge is -2.30. The van der Waals surface area contributed by atoms with Crippen molar-refractivity contribution in [3.63, 3.8) is 0 Å². The van der Waals surface area contributed by atoms with Gasteiger partial charge in [0.25, 0.3) is 0 Å². The SMILES string of the molecule is C[C@@H](Sc1nnc(CN2CCCC2=O)n1-c1ccccn1)C(=O)N1CC(=O)Nc2ccccc21. The zero-order valence-corrected chi connectivity index (χ0v) is 19.4. The molecule has 0 unspecified atom stereocenters. The quantitative estimate of drug-likeness (QED) is 0.542. The van der Waals surface area contributed by atoms with Crippen molar-refractivity contribution in [1.29, 1.82) is 0 Å². The monoisotopic (exact) mass is 477 g/mol. The summed E-state index contributed by atoms with van der Waals surface area (Å²) < 4.78 is 1.79. The third-order valence-electron chi connectivity index (χ3n) is 5.75. The van der Waals surface area contributed by atoms with E-state index in [0.29, 0.717) is 47.7 Å². The van der Waals surface area contributed by atoms with Crippen LogP contribution in [0.15, 0.2) is 53.8 Å². The molecular formula is C23H23N7O3S. The Hall–Kier alpha value is -3.73. The number of nitrogens with one attached hydrogen (secondary N) is 1. The predicted octanol–water partition coefficient (Wildman–Crippen LogP) is 2.25. The summed E-state index contributed by atoms with van der Waals surface area (Å²) in [6, 6.07) is 12.7. The number of pyridine rings is 1. The zero-order valence-electron chi connectivity index (χ0n) is 18.5. The number of carbonyl (C=O) groups excluding carboxylic acids is 3. The first-order valence-corrected chi connectivity index (χ1v) is 11.9. The summed E-state index contributed by atoms with van der Waals surface area (Å²) >= 11 is 1.25. The Morgan fingerprint density at radius 2 is 1.97 bits per heavy atom. The number of anilines is 2. The van der Waals surface area contributed by atoms with Crippen molar-refractivity contribution in [3.05, 3.63) is 54.5 Å². The van der Waals surface area contributed by atoms with Crippen LogP contribution >= 0.6 is 11.8 Å². The number of likely N-dealkylation sites (tertiary alicyclic amines) is 1. The molecule has 11 heteroatoms. The first-order chi connectivity index (χ1) is 16.5. The summed E-state index contributed by atoms with van der Waals surface area (Å²) in [4.78, 5) is 45.4. The van der Waals surface area contributed by atoms with Gasteiger partial charge in [0, 0.05) is 19.2 Å². The molecule has 1 N–H and O–H groups in total. The maximum atomic E-state index is 13.4. The van der Waals surface area contributed by atoms with Crippen molar-refractivity contribution in [3.8, 4) is 5.82 Å². The summed E-state index contributed by atoms with van der Waals surface area (Å²) in [5.41, 5.74) is 1.28. The Labute approximate surface area is 200 Å². The first kappa shape index (κ1) is 22.1. The van der Waals surface area contributed by atoms with E-state index in [1.54, 1.807) is 28.7 Å². The molecule has 3 amide bonds. The molecule has 1 fully saturated rings. The van der Waals surface area contributed by atoms with Gasteiger partial charge in [-0.25, -0.2) is 4.98 Å². The van der Waals surface area contributed by atoms with Crippen LogP contribution in [-0.4, -0.2) is 60.7 Å². The Bertz CT molecular complexity index is 1250. The van der Waals surface area contributed by atoms with Crippen LogP contribution in [0.25, 0.3) is 5.82 Å². The minimum atomic E-state index is -0.549. The predicted molar refractivity (Wildman–Crippen MR) is 127 cm³/mol. The lowest BCUT2D eigenvalue weighted by Crippen LogP contribution is -2.45. The fourth-order valence-electron chi connectivity index (χ4n) is 4.09. The van der Waals surface area contributed by atoms with Crippen molar-refractivity contribution >= 4 is 40.9 Å². The number of carbonyl (C=O) groups is 3. The molecule has 174 valence electrons. The lowest BCUT2D eigenvalue weighted by molar-refractivity contribution is -0.128. The van der Waals surface area contributed by atoms with E-state index < -0.39 is 5.25 Å².